The molecule has 1 aromatic carbocycles. The van der Waals surface area contributed by atoms with Crippen LogP contribution < -0.4 is 0 Å². The molecule has 1 aromatic heterocycles. The van der Waals surface area contributed by atoms with Crippen LogP contribution in [0.4, 0.5) is 0 Å². The number of nitrogens with zero attached hydrogens (tertiary/aromatic N) is 2. The van der Waals surface area contributed by atoms with Crippen molar-refractivity contribution < 1.29 is 0 Å². The van der Waals surface area contributed by atoms with Crippen molar-refractivity contribution in [2.45, 2.75) is 13.3 Å². The molecule has 0 aliphatic rings. The van der Waals surface area contributed by atoms with Crippen molar-refractivity contribution in [1.82, 2.24) is 9.88 Å². The van der Waals surface area contributed by atoms with E-state index < -0.39 is 0 Å². The largest absolute Gasteiger partial charge is 0.309 e. The van der Waals surface area contributed by atoms with Crippen LogP contribution >= 0.6 is 11.3 Å². The van der Waals surface area contributed by atoms with Gasteiger partial charge in [-0.25, -0.2) is 4.98 Å². The number of aryl methyl sites for hydroxylation is 1. The normalized spacial score (nSPS) is 11.5. The highest BCUT2D eigenvalue weighted by Crippen LogP contribution is 2.23. The molecule has 0 atom stereocenters. The topological polar surface area (TPSA) is 16.1 Å². The Morgan fingerprint density at radius 2 is 2.13 bits per heavy atom. The number of thiazole rings is 1. The quantitative estimate of drug-likeness (QED) is 0.790. The van der Waals surface area contributed by atoms with E-state index in [9.17, 15) is 0 Å². The molecule has 0 aliphatic heterocycles. The van der Waals surface area contributed by atoms with Crippen LogP contribution in [0.2, 0.25) is 0 Å². The van der Waals surface area contributed by atoms with Crippen molar-refractivity contribution in [3.05, 3.63) is 28.8 Å². The second-order valence-corrected chi connectivity index (χ2v) is 5.25. The Kier molecular flexibility index (Phi) is 3.03. The van der Waals surface area contributed by atoms with Gasteiger partial charge in [0.1, 0.15) is 0 Å². The molecule has 80 valence electrons. The summed E-state index contributed by atoms with van der Waals surface area (Å²) in [7, 11) is 4.19. The Bertz CT molecular complexity index is 460. The summed E-state index contributed by atoms with van der Waals surface area (Å²) in [5.41, 5.74) is 2.43. The number of likely N-dealkylation sites (N-methyl/N-ethyl adjacent to an activating group) is 1. The fourth-order valence-corrected chi connectivity index (χ4v) is 2.45. The SMILES string of the molecule is Cc1ccc2sc(CCN(C)C)nc2c1. The molecule has 2 rings (SSSR count). The maximum absolute atomic E-state index is 4.64. The lowest BCUT2D eigenvalue weighted by Gasteiger charge is -2.06. The van der Waals surface area contributed by atoms with Gasteiger partial charge in [0.15, 0.2) is 0 Å². The zero-order valence-electron chi connectivity index (χ0n) is 9.45. The van der Waals surface area contributed by atoms with Crippen molar-refractivity contribution in [1.29, 1.82) is 0 Å². The lowest BCUT2D eigenvalue weighted by atomic mass is 10.2. The summed E-state index contributed by atoms with van der Waals surface area (Å²) in [6, 6.07) is 6.47. The van der Waals surface area contributed by atoms with Gasteiger partial charge in [0.2, 0.25) is 0 Å². The monoisotopic (exact) mass is 220 g/mol. The molecule has 0 unspecified atom stereocenters. The summed E-state index contributed by atoms with van der Waals surface area (Å²) in [6.45, 7) is 3.18. The summed E-state index contributed by atoms with van der Waals surface area (Å²) >= 11 is 1.81. The Balaban J connectivity index is 2.23. The summed E-state index contributed by atoms with van der Waals surface area (Å²) in [4.78, 5) is 6.83. The molecule has 3 heteroatoms. The smallest absolute Gasteiger partial charge is 0.0951 e. The van der Waals surface area contributed by atoms with Crippen molar-refractivity contribution in [2.24, 2.45) is 0 Å². The fraction of sp³-hybridized carbons (Fsp3) is 0.417. The molecular weight excluding hydrogens is 204 g/mol. The first-order chi connectivity index (χ1) is 7.15. The number of fused-ring (bicyclic) bond motifs is 1. The highest BCUT2D eigenvalue weighted by atomic mass is 32.1. The number of hydrogen-bond donors (Lipinski definition) is 0. The van der Waals surface area contributed by atoms with E-state index in [0.29, 0.717) is 0 Å². The van der Waals surface area contributed by atoms with Crippen molar-refractivity contribution in [2.75, 3.05) is 20.6 Å². The highest BCUT2D eigenvalue weighted by Gasteiger charge is 2.03. The average Bonchev–Trinajstić information content (AvgIpc) is 2.56. The first-order valence-electron chi connectivity index (χ1n) is 5.16. The Morgan fingerprint density at radius 1 is 1.33 bits per heavy atom. The van der Waals surface area contributed by atoms with Gasteiger partial charge in [-0.2, -0.15) is 0 Å². The predicted octanol–water partition coefficient (Wildman–Crippen LogP) is 2.71. The minimum atomic E-state index is 1.05. The van der Waals surface area contributed by atoms with E-state index in [1.807, 2.05) is 11.3 Å². The molecule has 0 fully saturated rings. The first-order valence-corrected chi connectivity index (χ1v) is 5.97. The molecule has 2 aromatic rings. The van der Waals surface area contributed by atoms with E-state index >= 15 is 0 Å². The molecule has 2 nitrogen and oxygen atoms in total. The Hall–Kier alpha value is -0.930. The molecule has 0 aliphatic carbocycles. The molecule has 0 radical (unpaired) electrons. The van der Waals surface area contributed by atoms with Gasteiger partial charge >= 0.3 is 0 Å². The van der Waals surface area contributed by atoms with Crippen LogP contribution in [-0.2, 0) is 6.42 Å². The van der Waals surface area contributed by atoms with Gasteiger partial charge in [0.25, 0.3) is 0 Å². The Labute approximate surface area is 94.6 Å². The molecule has 1 heterocycles. The van der Waals surface area contributed by atoms with E-state index in [-0.39, 0.29) is 0 Å². The number of benzene rings is 1. The Morgan fingerprint density at radius 3 is 2.87 bits per heavy atom. The first kappa shape index (κ1) is 10.6. The second-order valence-electron chi connectivity index (χ2n) is 4.13. The van der Waals surface area contributed by atoms with E-state index in [0.717, 1.165) is 18.5 Å². The van der Waals surface area contributed by atoms with E-state index in [1.165, 1.54) is 15.3 Å². The third-order valence-corrected chi connectivity index (χ3v) is 3.46. The number of rotatable bonds is 3. The van der Waals surface area contributed by atoms with Crippen LogP contribution in [0, 0.1) is 6.92 Å². The van der Waals surface area contributed by atoms with Crippen molar-refractivity contribution in [3.63, 3.8) is 0 Å². The molecule has 0 bridgehead atoms. The van der Waals surface area contributed by atoms with E-state index in [4.69, 9.17) is 0 Å². The standard InChI is InChI=1S/C12H16N2S/c1-9-4-5-11-10(8-9)13-12(15-11)6-7-14(2)3/h4-5,8H,6-7H2,1-3H3. The van der Waals surface area contributed by atoms with Crippen LogP contribution in [0.15, 0.2) is 18.2 Å². The summed E-state index contributed by atoms with van der Waals surface area (Å²) in [5, 5.41) is 1.24. The lowest BCUT2D eigenvalue weighted by Crippen LogP contribution is -2.14. The van der Waals surface area contributed by atoms with Gasteiger partial charge < -0.3 is 4.90 Å². The maximum atomic E-state index is 4.64. The van der Waals surface area contributed by atoms with Gasteiger partial charge in [0, 0.05) is 13.0 Å². The maximum Gasteiger partial charge on any atom is 0.0951 e. The van der Waals surface area contributed by atoms with Crippen LogP contribution in [0.25, 0.3) is 10.2 Å². The van der Waals surface area contributed by atoms with Crippen molar-refractivity contribution >= 4 is 21.6 Å². The third-order valence-electron chi connectivity index (χ3n) is 2.36. The third kappa shape index (κ3) is 2.55. The molecule has 0 amide bonds. The van der Waals surface area contributed by atoms with Gasteiger partial charge in [-0.1, -0.05) is 6.07 Å². The highest BCUT2D eigenvalue weighted by molar-refractivity contribution is 7.18. The lowest BCUT2D eigenvalue weighted by molar-refractivity contribution is 0.413. The van der Waals surface area contributed by atoms with Crippen molar-refractivity contribution in [3.8, 4) is 0 Å². The van der Waals surface area contributed by atoms with Crippen LogP contribution in [0.3, 0.4) is 0 Å². The molecule has 0 saturated carbocycles. The van der Waals surface area contributed by atoms with Gasteiger partial charge in [0.05, 0.1) is 15.2 Å². The van der Waals surface area contributed by atoms with Crippen LogP contribution in [0.1, 0.15) is 10.6 Å². The molecule has 15 heavy (non-hydrogen) atoms. The molecular formula is C12H16N2S. The fourth-order valence-electron chi connectivity index (χ4n) is 1.51. The summed E-state index contributed by atoms with van der Waals surface area (Å²) in [5.74, 6) is 0. The zero-order chi connectivity index (χ0) is 10.8. The van der Waals surface area contributed by atoms with E-state index in [1.54, 1.807) is 0 Å². The molecule has 0 saturated heterocycles. The van der Waals surface area contributed by atoms with Crippen LogP contribution in [0.5, 0.6) is 0 Å². The van der Waals surface area contributed by atoms with E-state index in [2.05, 4.69) is 49.1 Å². The minimum Gasteiger partial charge on any atom is -0.309 e. The summed E-state index contributed by atoms with van der Waals surface area (Å²) in [6.07, 6.45) is 1.05. The zero-order valence-corrected chi connectivity index (χ0v) is 10.3. The number of aromatic nitrogens is 1. The molecule has 0 spiro atoms. The van der Waals surface area contributed by atoms with Gasteiger partial charge in [-0.3, -0.25) is 0 Å². The average molecular weight is 220 g/mol. The van der Waals surface area contributed by atoms with Gasteiger partial charge in [-0.15, -0.1) is 11.3 Å². The summed E-state index contributed by atoms with van der Waals surface area (Å²) < 4.78 is 1.30. The van der Waals surface area contributed by atoms with Crippen LogP contribution in [-0.4, -0.2) is 30.5 Å². The molecule has 0 N–H and O–H groups in total. The number of hydrogen-bond acceptors (Lipinski definition) is 3. The predicted molar refractivity (Wildman–Crippen MR) is 66.6 cm³/mol. The second kappa shape index (κ2) is 4.29. The van der Waals surface area contributed by atoms with Gasteiger partial charge in [-0.05, 0) is 38.7 Å². The minimum absolute atomic E-state index is 1.05.